The van der Waals surface area contributed by atoms with Crippen LogP contribution in [0, 0.1) is 0 Å². The van der Waals surface area contributed by atoms with Crippen LogP contribution in [0.4, 0.5) is 0 Å². The highest BCUT2D eigenvalue weighted by Gasteiger charge is 2.26. The SMILES string of the molecule is CCNC(=O)[C@H](C)N(Cc1ccccc1)C(=O)COc1ccccc1C(C)C. The molecule has 0 radical (unpaired) electrons. The molecule has 1 atom stereocenters. The Bertz CT molecular complexity index is 774. The highest BCUT2D eigenvalue weighted by molar-refractivity contribution is 5.87. The predicted molar refractivity (Wildman–Crippen MR) is 111 cm³/mol. The van der Waals surface area contributed by atoms with Crippen molar-refractivity contribution < 1.29 is 14.3 Å². The van der Waals surface area contributed by atoms with Crippen molar-refractivity contribution in [3.05, 3.63) is 65.7 Å². The van der Waals surface area contributed by atoms with Gasteiger partial charge >= 0.3 is 0 Å². The van der Waals surface area contributed by atoms with E-state index in [0.29, 0.717) is 24.8 Å². The maximum atomic E-state index is 13.0. The molecule has 0 saturated carbocycles. The number of rotatable bonds is 9. The van der Waals surface area contributed by atoms with Crippen molar-refractivity contribution in [1.29, 1.82) is 0 Å². The smallest absolute Gasteiger partial charge is 0.261 e. The molecule has 2 aromatic carbocycles. The minimum absolute atomic E-state index is 0.111. The number of benzene rings is 2. The summed E-state index contributed by atoms with van der Waals surface area (Å²) in [6.45, 7) is 8.54. The van der Waals surface area contributed by atoms with Gasteiger partial charge in [0.2, 0.25) is 5.91 Å². The number of hydrogen-bond acceptors (Lipinski definition) is 3. The van der Waals surface area contributed by atoms with Gasteiger partial charge in [-0.25, -0.2) is 0 Å². The number of amides is 2. The summed E-state index contributed by atoms with van der Waals surface area (Å²) in [7, 11) is 0. The maximum absolute atomic E-state index is 13.0. The summed E-state index contributed by atoms with van der Waals surface area (Å²) in [5, 5.41) is 2.79. The zero-order chi connectivity index (χ0) is 20.5. The molecule has 28 heavy (non-hydrogen) atoms. The molecule has 2 aromatic rings. The minimum atomic E-state index is -0.586. The van der Waals surface area contributed by atoms with E-state index in [2.05, 4.69) is 19.2 Å². The quantitative estimate of drug-likeness (QED) is 0.719. The predicted octanol–water partition coefficient (Wildman–Crippen LogP) is 3.74. The van der Waals surface area contributed by atoms with Crippen molar-refractivity contribution in [1.82, 2.24) is 10.2 Å². The van der Waals surface area contributed by atoms with E-state index < -0.39 is 6.04 Å². The summed E-state index contributed by atoms with van der Waals surface area (Å²) in [6.07, 6.45) is 0. The van der Waals surface area contributed by atoms with Gasteiger partial charge in [0.25, 0.3) is 5.91 Å². The summed E-state index contributed by atoms with van der Waals surface area (Å²) in [6, 6.07) is 16.8. The fraction of sp³-hybridized carbons (Fsp3) is 0.391. The Morgan fingerprint density at radius 3 is 2.29 bits per heavy atom. The number of nitrogens with one attached hydrogen (secondary N) is 1. The number of hydrogen-bond donors (Lipinski definition) is 1. The van der Waals surface area contributed by atoms with Gasteiger partial charge in [0.15, 0.2) is 6.61 Å². The van der Waals surface area contributed by atoms with Crippen molar-refractivity contribution in [3.8, 4) is 5.75 Å². The first-order valence-electron chi connectivity index (χ1n) is 9.76. The molecular weight excluding hydrogens is 352 g/mol. The number of para-hydroxylation sites is 1. The van der Waals surface area contributed by atoms with Gasteiger partial charge in [-0.1, -0.05) is 62.4 Å². The Hall–Kier alpha value is -2.82. The van der Waals surface area contributed by atoms with Crippen LogP contribution in [0.15, 0.2) is 54.6 Å². The van der Waals surface area contributed by atoms with Crippen LogP contribution in [0.5, 0.6) is 5.75 Å². The molecule has 0 bridgehead atoms. The van der Waals surface area contributed by atoms with Gasteiger partial charge in [-0.3, -0.25) is 9.59 Å². The van der Waals surface area contributed by atoms with Crippen molar-refractivity contribution in [2.24, 2.45) is 0 Å². The second kappa shape index (κ2) is 10.5. The van der Waals surface area contributed by atoms with Crippen LogP contribution in [-0.2, 0) is 16.1 Å². The van der Waals surface area contributed by atoms with Crippen molar-refractivity contribution >= 4 is 11.8 Å². The van der Waals surface area contributed by atoms with Gasteiger partial charge in [-0.2, -0.15) is 0 Å². The van der Waals surface area contributed by atoms with Gasteiger partial charge in [0, 0.05) is 13.1 Å². The molecule has 150 valence electrons. The molecule has 0 fully saturated rings. The van der Waals surface area contributed by atoms with Gasteiger partial charge in [-0.05, 0) is 37.0 Å². The lowest BCUT2D eigenvalue weighted by Crippen LogP contribution is -2.49. The lowest BCUT2D eigenvalue weighted by molar-refractivity contribution is -0.142. The fourth-order valence-corrected chi connectivity index (χ4v) is 3.00. The Morgan fingerprint density at radius 1 is 1.00 bits per heavy atom. The second-order valence-electron chi connectivity index (χ2n) is 7.06. The van der Waals surface area contributed by atoms with E-state index in [4.69, 9.17) is 4.74 Å². The molecule has 0 saturated heterocycles. The molecule has 5 heteroatoms. The summed E-state index contributed by atoms with van der Waals surface area (Å²) in [5.74, 6) is 0.604. The van der Waals surface area contributed by atoms with E-state index in [9.17, 15) is 9.59 Å². The largest absolute Gasteiger partial charge is 0.483 e. The average Bonchev–Trinajstić information content (AvgIpc) is 2.70. The lowest BCUT2D eigenvalue weighted by Gasteiger charge is -2.28. The molecule has 2 amide bonds. The average molecular weight is 383 g/mol. The standard InChI is InChI=1S/C23H30N2O3/c1-5-24-23(27)18(4)25(15-19-11-7-6-8-12-19)22(26)16-28-21-14-10-9-13-20(21)17(2)3/h6-14,17-18H,5,15-16H2,1-4H3,(H,24,27)/t18-/m0/s1. The van der Waals surface area contributed by atoms with Crippen molar-refractivity contribution in [2.75, 3.05) is 13.2 Å². The highest BCUT2D eigenvalue weighted by Crippen LogP contribution is 2.26. The fourth-order valence-electron chi connectivity index (χ4n) is 3.00. The third-order valence-corrected chi connectivity index (χ3v) is 4.61. The Balaban J connectivity index is 2.15. The van der Waals surface area contributed by atoms with E-state index in [1.807, 2.05) is 61.5 Å². The molecule has 5 nitrogen and oxygen atoms in total. The van der Waals surface area contributed by atoms with E-state index in [1.165, 1.54) is 0 Å². The van der Waals surface area contributed by atoms with Crippen LogP contribution in [0.2, 0.25) is 0 Å². The maximum Gasteiger partial charge on any atom is 0.261 e. The van der Waals surface area contributed by atoms with Gasteiger partial charge in [0.1, 0.15) is 11.8 Å². The highest BCUT2D eigenvalue weighted by atomic mass is 16.5. The van der Waals surface area contributed by atoms with Crippen molar-refractivity contribution in [3.63, 3.8) is 0 Å². The van der Waals surface area contributed by atoms with Gasteiger partial charge in [0.05, 0.1) is 0 Å². The van der Waals surface area contributed by atoms with Crippen LogP contribution >= 0.6 is 0 Å². The zero-order valence-electron chi connectivity index (χ0n) is 17.1. The number of carbonyl (C=O) groups excluding carboxylic acids is 2. The molecule has 0 unspecified atom stereocenters. The van der Waals surface area contributed by atoms with E-state index in [0.717, 1.165) is 11.1 Å². The third kappa shape index (κ3) is 5.84. The summed E-state index contributed by atoms with van der Waals surface area (Å²) in [5.41, 5.74) is 2.02. The van der Waals surface area contributed by atoms with Crippen molar-refractivity contribution in [2.45, 2.75) is 46.2 Å². The third-order valence-electron chi connectivity index (χ3n) is 4.61. The number of nitrogens with zero attached hydrogens (tertiary/aromatic N) is 1. The minimum Gasteiger partial charge on any atom is -0.483 e. The molecule has 0 aliphatic heterocycles. The van der Waals surface area contributed by atoms with Crippen LogP contribution in [0.1, 0.15) is 44.7 Å². The molecule has 0 aliphatic rings. The van der Waals surface area contributed by atoms with Crippen LogP contribution < -0.4 is 10.1 Å². The summed E-state index contributed by atoms with van der Waals surface area (Å²) < 4.78 is 5.85. The molecule has 0 heterocycles. The van der Waals surface area contributed by atoms with Gasteiger partial charge < -0.3 is 15.0 Å². The molecule has 0 aliphatic carbocycles. The molecule has 1 N–H and O–H groups in total. The van der Waals surface area contributed by atoms with Crippen LogP contribution in [0.25, 0.3) is 0 Å². The number of ether oxygens (including phenoxy) is 1. The molecule has 0 spiro atoms. The van der Waals surface area contributed by atoms with Crippen LogP contribution in [0.3, 0.4) is 0 Å². The Morgan fingerprint density at radius 2 is 1.64 bits per heavy atom. The van der Waals surface area contributed by atoms with E-state index in [-0.39, 0.29) is 18.4 Å². The number of likely N-dealkylation sites (N-methyl/N-ethyl adjacent to an activating group) is 1. The molecular formula is C23H30N2O3. The first kappa shape index (κ1) is 21.5. The first-order chi connectivity index (χ1) is 13.4. The zero-order valence-corrected chi connectivity index (χ0v) is 17.1. The Kier molecular flexibility index (Phi) is 8.05. The van der Waals surface area contributed by atoms with Crippen LogP contribution in [-0.4, -0.2) is 35.9 Å². The Labute approximate surface area is 167 Å². The number of carbonyl (C=O) groups is 2. The normalized spacial score (nSPS) is 11.8. The van der Waals surface area contributed by atoms with Gasteiger partial charge in [-0.15, -0.1) is 0 Å². The topological polar surface area (TPSA) is 58.6 Å². The lowest BCUT2D eigenvalue weighted by atomic mass is 10.0. The molecule has 2 rings (SSSR count). The van der Waals surface area contributed by atoms with E-state index in [1.54, 1.807) is 11.8 Å². The molecule has 0 aromatic heterocycles. The monoisotopic (exact) mass is 382 g/mol. The first-order valence-corrected chi connectivity index (χ1v) is 9.76. The summed E-state index contributed by atoms with van der Waals surface area (Å²) >= 11 is 0. The summed E-state index contributed by atoms with van der Waals surface area (Å²) in [4.78, 5) is 26.9. The second-order valence-corrected chi connectivity index (χ2v) is 7.06. The van der Waals surface area contributed by atoms with E-state index >= 15 is 0 Å².